The van der Waals surface area contributed by atoms with Crippen LogP contribution in [0, 0.1) is 11.7 Å². The number of halogens is 1. The minimum atomic E-state index is -0.822. The van der Waals surface area contributed by atoms with E-state index in [0.29, 0.717) is 19.4 Å². The van der Waals surface area contributed by atoms with Crippen LogP contribution in [0.1, 0.15) is 32.1 Å². The Morgan fingerprint density at radius 1 is 1.25 bits per heavy atom. The van der Waals surface area contributed by atoms with Crippen LogP contribution < -0.4 is 10.2 Å². The lowest BCUT2D eigenvalue weighted by molar-refractivity contribution is -0.137. The van der Waals surface area contributed by atoms with Gasteiger partial charge >= 0.3 is 5.97 Å². The largest absolute Gasteiger partial charge is 0.481 e. The van der Waals surface area contributed by atoms with Crippen molar-refractivity contribution < 1.29 is 23.9 Å². The van der Waals surface area contributed by atoms with Crippen LogP contribution in [-0.4, -0.2) is 36.0 Å². The Labute approximate surface area is 139 Å². The number of nitrogens with one attached hydrogen (secondary N) is 1. The molecular formula is C17H21FN2O4. The van der Waals surface area contributed by atoms with E-state index in [1.807, 2.05) is 0 Å². The lowest BCUT2D eigenvalue weighted by Crippen LogP contribution is -2.33. The number of amides is 2. The van der Waals surface area contributed by atoms with E-state index in [4.69, 9.17) is 5.11 Å². The smallest absolute Gasteiger partial charge is 0.303 e. The van der Waals surface area contributed by atoms with Crippen molar-refractivity contribution in [2.45, 2.75) is 32.1 Å². The molecule has 7 heteroatoms. The number of para-hydroxylation sites is 1. The third kappa shape index (κ3) is 4.78. The summed E-state index contributed by atoms with van der Waals surface area (Å²) in [7, 11) is 0. The van der Waals surface area contributed by atoms with E-state index in [1.54, 1.807) is 12.1 Å². The van der Waals surface area contributed by atoms with Gasteiger partial charge in [0.1, 0.15) is 5.82 Å². The fraction of sp³-hybridized carbons (Fsp3) is 0.471. The molecule has 1 aliphatic rings. The summed E-state index contributed by atoms with van der Waals surface area (Å²) in [6, 6.07) is 6.01. The zero-order valence-corrected chi connectivity index (χ0v) is 13.3. The molecule has 2 amide bonds. The number of rotatable bonds is 8. The minimum Gasteiger partial charge on any atom is -0.481 e. The van der Waals surface area contributed by atoms with Crippen molar-refractivity contribution in [2.75, 3.05) is 18.0 Å². The predicted octanol–water partition coefficient (Wildman–Crippen LogP) is 1.94. The summed E-state index contributed by atoms with van der Waals surface area (Å²) in [5.74, 6) is -2.28. The number of unbranched alkanes of at least 4 members (excludes halogenated alkanes) is 2. The molecule has 0 saturated carbocycles. The highest BCUT2D eigenvalue weighted by Crippen LogP contribution is 2.27. The Hall–Kier alpha value is -2.44. The van der Waals surface area contributed by atoms with Crippen molar-refractivity contribution in [2.24, 2.45) is 5.92 Å². The first-order valence-electron chi connectivity index (χ1n) is 8.03. The molecule has 1 aromatic carbocycles. The lowest BCUT2D eigenvalue weighted by Gasteiger charge is -2.17. The number of hydrogen-bond donors (Lipinski definition) is 2. The van der Waals surface area contributed by atoms with Crippen LogP contribution >= 0.6 is 0 Å². The van der Waals surface area contributed by atoms with Gasteiger partial charge in [0, 0.05) is 25.9 Å². The van der Waals surface area contributed by atoms with Gasteiger partial charge in [0.05, 0.1) is 11.6 Å². The molecule has 1 heterocycles. The fourth-order valence-corrected chi connectivity index (χ4v) is 2.72. The van der Waals surface area contributed by atoms with Crippen LogP contribution in [-0.2, 0) is 14.4 Å². The summed E-state index contributed by atoms with van der Waals surface area (Å²) < 4.78 is 13.8. The molecule has 1 atom stereocenters. The van der Waals surface area contributed by atoms with Crippen molar-refractivity contribution in [1.82, 2.24) is 5.32 Å². The van der Waals surface area contributed by atoms with Crippen molar-refractivity contribution in [3.8, 4) is 0 Å². The van der Waals surface area contributed by atoms with Gasteiger partial charge in [-0.3, -0.25) is 14.4 Å². The number of carboxylic acids is 1. The maximum atomic E-state index is 13.8. The number of nitrogens with zero attached hydrogens (tertiary/aromatic N) is 1. The Morgan fingerprint density at radius 3 is 2.71 bits per heavy atom. The monoisotopic (exact) mass is 336 g/mol. The Kier molecular flexibility index (Phi) is 6.28. The zero-order chi connectivity index (χ0) is 17.5. The Balaban J connectivity index is 1.77. The first-order chi connectivity index (χ1) is 11.5. The zero-order valence-electron chi connectivity index (χ0n) is 13.3. The molecule has 0 spiro atoms. The maximum Gasteiger partial charge on any atom is 0.303 e. The highest BCUT2D eigenvalue weighted by atomic mass is 19.1. The van der Waals surface area contributed by atoms with Crippen molar-refractivity contribution in [3.05, 3.63) is 30.1 Å². The average molecular weight is 336 g/mol. The first-order valence-corrected chi connectivity index (χ1v) is 8.03. The van der Waals surface area contributed by atoms with Crippen LogP contribution in [0.4, 0.5) is 10.1 Å². The van der Waals surface area contributed by atoms with Gasteiger partial charge < -0.3 is 15.3 Å². The maximum absolute atomic E-state index is 13.8. The third-order valence-electron chi connectivity index (χ3n) is 4.01. The topological polar surface area (TPSA) is 86.7 Å². The van der Waals surface area contributed by atoms with Crippen LogP contribution in [0.15, 0.2) is 24.3 Å². The van der Waals surface area contributed by atoms with E-state index in [-0.39, 0.29) is 36.9 Å². The van der Waals surface area contributed by atoms with Gasteiger partial charge in [-0.25, -0.2) is 4.39 Å². The second-order valence-electron chi connectivity index (χ2n) is 5.85. The molecule has 24 heavy (non-hydrogen) atoms. The van der Waals surface area contributed by atoms with Gasteiger partial charge in [-0.05, 0) is 25.0 Å². The van der Waals surface area contributed by atoms with Crippen LogP contribution in [0.25, 0.3) is 0 Å². The number of carbonyl (C=O) groups excluding carboxylic acids is 2. The van der Waals surface area contributed by atoms with Gasteiger partial charge in [-0.1, -0.05) is 18.6 Å². The quantitative estimate of drug-likeness (QED) is 0.710. The van der Waals surface area contributed by atoms with E-state index in [1.165, 1.54) is 17.0 Å². The molecule has 0 aliphatic carbocycles. The number of benzene rings is 1. The first kappa shape index (κ1) is 17.9. The molecule has 6 nitrogen and oxygen atoms in total. The van der Waals surface area contributed by atoms with Crippen LogP contribution in [0.2, 0.25) is 0 Å². The van der Waals surface area contributed by atoms with E-state index >= 15 is 0 Å². The van der Waals surface area contributed by atoms with Crippen molar-refractivity contribution in [3.63, 3.8) is 0 Å². The SMILES string of the molecule is O=C(O)CCCCCNC(=O)C1CC(=O)N(c2ccccc2F)C1. The molecule has 1 aliphatic heterocycles. The summed E-state index contributed by atoms with van der Waals surface area (Å²) in [4.78, 5) is 35.9. The second kappa shape index (κ2) is 8.42. The van der Waals surface area contributed by atoms with Gasteiger partial charge in [0.2, 0.25) is 11.8 Å². The Bertz CT molecular complexity index is 620. The molecule has 0 bridgehead atoms. The standard InChI is InChI=1S/C17H21FN2O4/c18-13-6-3-4-7-14(13)20-11-12(10-15(20)21)17(24)19-9-5-1-2-8-16(22)23/h3-4,6-7,12H,1-2,5,8-11H2,(H,19,24)(H,22,23). The molecule has 2 N–H and O–H groups in total. The summed E-state index contributed by atoms with van der Waals surface area (Å²) in [6.07, 6.45) is 2.18. The van der Waals surface area contributed by atoms with E-state index < -0.39 is 17.7 Å². The van der Waals surface area contributed by atoms with E-state index in [0.717, 1.165) is 6.42 Å². The second-order valence-corrected chi connectivity index (χ2v) is 5.85. The van der Waals surface area contributed by atoms with Crippen LogP contribution in [0.3, 0.4) is 0 Å². The fourth-order valence-electron chi connectivity index (χ4n) is 2.72. The molecule has 2 rings (SSSR count). The Morgan fingerprint density at radius 2 is 2.00 bits per heavy atom. The molecule has 1 fully saturated rings. The molecular weight excluding hydrogens is 315 g/mol. The molecule has 1 saturated heterocycles. The summed E-state index contributed by atoms with van der Waals surface area (Å²) in [5.41, 5.74) is 0.200. The van der Waals surface area contributed by atoms with E-state index in [2.05, 4.69) is 5.32 Å². The van der Waals surface area contributed by atoms with Crippen LogP contribution in [0.5, 0.6) is 0 Å². The minimum absolute atomic E-state index is 0.0686. The average Bonchev–Trinajstić information content (AvgIpc) is 2.92. The highest BCUT2D eigenvalue weighted by Gasteiger charge is 2.35. The number of anilines is 1. The normalized spacial score (nSPS) is 17.1. The van der Waals surface area contributed by atoms with Gasteiger partial charge in [0.15, 0.2) is 0 Å². The number of carbonyl (C=O) groups is 3. The summed E-state index contributed by atoms with van der Waals surface area (Å²) in [5, 5.41) is 11.3. The molecule has 1 unspecified atom stereocenters. The molecule has 1 aromatic rings. The van der Waals surface area contributed by atoms with Gasteiger partial charge in [-0.15, -0.1) is 0 Å². The number of aliphatic carboxylic acids is 1. The molecule has 0 radical (unpaired) electrons. The van der Waals surface area contributed by atoms with Crippen molar-refractivity contribution >= 4 is 23.5 Å². The predicted molar refractivity (Wildman–Crippen MR) is 86.0 cm³/mol. The van der Waals surface area contributed by atoms with Gasteiger partial charge in [-0.2, -0.15) is 0 Å². The molecule has 130 valence electrons. The van der Waals surface area contributed by atoms with Gasteiger partial charge in [0.25, 0.3) is 0 Å². The summed E-state index contributed by atoms with van der Waals surface area (Å²) >= 11 is 0. The number of hydrogen-bond acceptors (Lipinski definition) is 3. The van der Waals surface area contributed by atoms with E-state index in [9.17, 15) is 18.8 Å². The number of carboxylic acid groups (broad SMARTS) is 1. The third-order valence-corrected chi connectivity index (χ3v) is 4.01. The summed E-state index contributed by atoms with van der Waals surface area (Å²) in [6.45, 7) is 0.619. The molecule has 0 aromatic heterocycles. The lowest BCUT2D eigenvalue weighted by atomic mass is 10.1. The van der Waals surface area contributed by atoms with Crippen molar-refractivity contribution in [1.29, 1.82) is 0 Å². The highest BCUT2D eigenvalue weighted by molar-refractivity contribution is 6.00.